The summed E-state index contributed by atoms with van der Waals surface area (Å²) in [6, 6.07) is 68.5. The number of fused-ring (bicyclic) bond motifs is 7. The van der Waals surface area contributed by atoms with E-state index in [0.29, 0.717) is 17.5 Å². The minimum atomic E-state index is 0.612. The van der Waals surface area contributed by atoms with Crippen LogP contribution in [0.4, 0.5) is 0 Å². The number of nitrogens with zero attached hydrogens (tertiary/aromatic N) is 4. The van der Waals surface area contributed by atoms with Crippen LogP contribution in [0.15, 0.2) is 194 Å². The van der Waals surface area contributed by atoms with Crippen LogP contribution in [-0.2, 0) is 0 Å². The highest BCUT2D eigenvalue weighted by Crippen LogP contribution is 2.45. The van der Waals surface area contributed by atoms with Crippen molar-refractivity contribution in [3.8, 4) is 62.1 Å². The van der Waals surface area contributed by atoms with Gasteiger partial charge in [-0.05, 0) is 46.5 Å². The maximum absolute atomic E-state index is 5.31. The van der Waals surface area contributed by atoms with Gasteiger partial charge in [0.2, 0.25) is 0 Å². The molecule has 8 aromatic carbocycles. The van der Waals surface area contributed by atoms with E-state index in [-0.39, 0.29) is 0 Å². The molecule has 0 bridgehead atoms. The highest BCUT2D eigenvalue weighted by molar-refractivity contribution is 7.26. The Balaban J connectivity index is 1.26. The number of rotatable bonds is 6. The number of hydrogen-bond donors (Lipinski definition) is 0. The van der Waals surface area contributed by atoms with Crippen molar-refractivity contribution in [1.29, 1.82) is 0 Å². The number of benzene rings is 8. The third-order valence-corrected chi connectivity index (χ3v) is 11.9. The molecule has 3 heterocycles. The summed E-state index contributed by atoms with van der Waals surface area (Å²) in [5.74, 6) is 1.87. The van der Waals surface area contributed by atoms with Crippen molar-refractivity contribution in [3.63, 3.8) is 0 Å². The summed E-state index contributed by atoms with van der Waals surface area (Å²) in [5, 5.41) is 4.96. The van der Waals surface area contributed by atoms with E-state index in [1.807, 2.05) is 47.7 Å². The quantitative estimate of drug-likeness (QED) is 0.171. The monoisotopic (exact) mass is 732 g/mol. The average Bonchev–Trinajstić information content (AvgIpc) is 3.83. The molecule has 0 aliphatic rings. The Kier molecular flexibility index (Phi) is 7.64. The Bertz CT molecular complexity index is 3180. The summed E-state index contributed by atoms with van der Waals surface area (Å²) in [7, 11) is 0. The molecule has 0 aliphatic carbocycles. The molecule has 0 N–H and O–H groups in total. The first-order chi connectivity index (χ1) is 27.8. The molecular formula is C51H32N4S. The summed E-state index contributed by atoms with van der Waals surface area (Å²) in [4.78, 5) is 15.7. The van der Waals surface area contributed by atoms with E-state index in [9.17, 15) is 0 Å². The minimum Gasteiger partial charge on any atom is -0.307 e. The average molecular weight is 733 g/mol. The molecule has 4 nitrogen and oxygen atoms in total. The molecule has 56 heavy (non-hydrogen) atoms. The van der Waals surface area contributed by atoms with Crippen molar-refractivity contribution in [2.75, 3.05) is 0 Å². The summed E-state index contributed by atoms with van der Waals surface area (Å²) in [5.41, 5.74) is 10.7. The van der Waals surface area contributed by atoms with Crippen molar-refractivity contribution < 1.29 is 0 Å². The largest absolute Gasteiger partial charge is 0.307 e. The fourth-order valence-electron chi connectivity index (χ4n) is 8.09. The Morgan fingerprint density at radius 1 is 0.357 bits per heavy atom. The highest BCUT2D eigenvalue weighted by Gasteiger charge is 2.23. The second kappa shape index (κ2) is 13.3. The van der Waals surface area contributed by atoms with Crippen LogP contribution in [0.5, 0.6) is 0 Å². The Labute approximate surface area is 327 Å². The van der Waals surface area contributed by atoms with Gasteiger partial charge in [-0.1, -0.05) is 170 Å². The number of thiophene rings is 1. The molecule has 262 valence electrons. The van der Waals surface area contributed by atoms with Gasteiger partial charge in [0.1, 0.15) is 0 Å². The van der Waals surface area contributed by atoms with Crippen LogP contribution in [-0.4, -0.2) is 19.5 Å². The summed E-state index contributed by atoms with van der Waals surface area (Å²) < 4.78 is 4.98. The smallest absolute Gasteiger partial charge is 0.166 e. The maximum atomic E-state index is 5.31. The van der Waals surface area contributed by atoms with Gasteiger partial charge in [0.15, 0.2) is 17.5 Å². The van der Waals surface area contributed by atoms with Gasteiger partial charge in [0, 0.05) is 42.9 Å². The van der Waals surface area contributed by atoms with Crippen LogP contribution >= 0.6 is 11.3 Å². The highest BCUT2D eigenvalue weighted by atomic mass is 32.1. The third kappa shape index (κ3) is 5.32. The van der Waals surface area contributed by atoms with Gasteiger partial charge in [-0.2, -0.15) is 0 Å². The Morgan fingerprint density at radius 3 is 1.59 bits per heavy atom. The van der Waals surface area contributed by atoms with Crippen molar-refractivity contribution in [1.82, 2.24) is 19.5 Å². The van der Waals surface area contributed by atoms with E-state index in [1.54, 1.807) is 0 Å². The molecule has 0 amide bonds. The fraction of sp³-hybridized carbons (Fsp3) is 0. The first kappa shape index (κ1) is 32.2. The van der Waals surface area contributed by atoms with Gasteiger partial charge in [-0.15, -0.1) is 11.3 Å². The molecule has 0 unspecified atom stereocenters. The molecule has 0 saturated heterocycles. The predicted molar refractivity (Wildman–Crippen MR) is 234 cm³/mol. The second-order valence-electron chi connectivity index (χ2n) is 14.0. The predicted octanol–water partition coefficient (Wildman–Crippen LogP) is 13.7. The SMILES string of the molecule is c1ccc(-c2nc(-c3ccccc3)nc(-c3cc(-c4ccccc4-c4ccccc4)ccc3-n3c4ccccc4c4ccc5c6ccccc6sc5c43)n2)cc1. The zero-order valence-electron chi connectivity index (χ0n) is 30.2. The van der Waals surface area contributed by atoms with Crippen LogP contribution in [0.2, 0.25) is 0 Å². The molecule has 5 heteroatoms. The van der Waals surface area contributed by atoms with Crippen molar-refractivity contribution in [2.24, 2.45) is 0 Å². The molecule has 11 aromatic rings. The lowest BCUT2D eigenvalue weighted by molar-refractivity contribution is 1.06. The fourth-order valence-corrected chi connectivity index (χ4v) is 9.33. The van der Waals surface area contributed by atoms with E-state index in [2.05, 4.69) is 162 Å². The number of para-hydroxylation sites is 1. The molecule has 0 aliphatic heterocycles. The Morgan fingerprint density at radius 2 is 0.893 bits per heavy atom. The van der Waals surface area contributed by atoms with Crippen LogP contribution in [0.25, 0.3) is 104 Å². The van der Waals surface area contributed by atoms with E-state index < -0.39 is 0 Å². The van der Waals surface area contributed by atoms with Gasteiger partial charge in [-0.3, -0.25) is 0 Å². The zero-order valence-corrected chi connectivity index (χ0v) is 31.0. The molecule has 0 atom stereocenters. The van der Waals surface area contributed by atoms with Crippen LogP contribution in [0.1, 0.15) is 0 Å². The van der Waals surface area contributed by atoms with Crippen molar-refractivity contribution in [2.45, 2.75) is 0 Å². The van der Waals surface area contributed by atoms with Crippen LogP contribution < -0.4 is 0 Å². The molecule has 11 rings (SSSR count). The van der Waals surface area contributed by atoms with Crippen LogP contribution in [0, 0.1) is 0 Å². The lowest BCUT2D eigenvalue weighted by Gasteiger charge is -2.17. The zero-order chi connectivity index (χ0) is 37.0. The first-order valence-electron chi connectivity index (χ1n) is 18.8. The van der Waals surface area contributed by atoms with Crippen molar-refractivity contribution in [3.05, 3.63) is 194 Å². The lowest BCUT2D eigenvalue weighted by atomic mass is 9.93. The van der Waals surface area contributed by atoms with Gasteiger partial charge < -0.3 is 4.57 Å². The van der Waals surface area contributed by atoms with Gasteiger partial charge in [0.05, 0.1) is 21.4 Å². The van der Waals surface area contributed by atoms with E-state index in [1.165, 1.54) is 47.6 Å². The normalized spacial score (nSPS) is 11.6. The first-order valence-corrected chi connectivity index (χ1v) is 19.6. The van der Waals surface area contributed by atoms with Crippen molar-refractivity contribution >= 4 is 53.3 Å². The number of hydrogen-bond acceptors (Lipinski definition) is 4. The molecule has 0 saturated carbocycles. The number of aromatic nitrogens is 4. The molecular weight excluding hydrogens is 701 g/mol. The molecule has 0 spiro atoms. The third-order valence-electron chi connectivity index (χ3n) is 10.7. The second-order valence-corrected chi connectivity index (χ2v) is 15.0. The summed E-state index contributed by atoms with van der Waals surface area (Å²) in [6.45, 7) is 0. The van der Waals surface area contributed by atoms with Gasteiger partial charge >= 0.3 is 0 Å². The maximum Gasteiger partial charge on any atom is 0.166 e. The van der Waals surface area contributed by atoms with E-state index in [0.717, 1.165) is 39.0 Å². The van der Waals surface area contributed by atoms with Crippen LogP contribution in [0.3, 0.4) is 0 Å². The lowest BCUT2D eigenvalue weighted by Crippen LogP contribution is -2.04. The topological polar surface area (TPSA) is 43.6 Å². The standard InChI is InChI=1S/C51H32N4S/c1-4-16-33(17-5-1)37-22-10-11-23-38(37)36-28-31-45(43(32-36)51-53-49(34-18-6-2-7-19-34)52-50(54-51)35-20-8-3-9-21-35)55-44-26-14-12-24-39(44)41-29-30-42-40-25-13-15-27-46(40)56-48(42)47(41)55/h1-32H. The van der Waals surface area contributed by atoms with Gasteiger partial charge in [-0.25, -0.2) is 15.0 Å². The van der Waals surface area contributed by atoms with Gasteiger partial charge in [0.25, 0.3) is 0 Å². The van der Waals surface area contributed by atoms with E-state index in [4.69, 9.17) is 15.0 Å². The Hall–Kier alpha value is -7.21. The van der Waals surface area contributed by atoms with E-state index >= 15 is 0 Å². The molecule has 0 fully saturated rings. The summed E-state index contributed by atoms with van der Waals surface area (Å²) in [6.07, 6.45) is 0. The summed E-state index contributed by atoms with van der Waals surface area (Å²) >= 11 is 1.85. The molecule has 3 aromatic heterocycles. The minimum absolute atomic E-state index is 0.612. The molecule has 0 radical (unpaired) electrons.